The second kappa shape index (κ2) is 11.1. The van der Waals surface area contributed by atoms with Crippen LogP contribution in [0.5, 0.6) is 17.4 Å². The number of aromatic nitrogens is 4. The first kappa shape index (κ1) is 23.0. The molecule has 2 aromatic carbocycles. The fourth-order valence-corrected chi connectivity index (χ4v) is 3.05. The van der Waals surface area contributed by atoms with Gasteiger partial charge in [-0.15, -0.1) is 15.3 Å². The van der Waals surface area contributed by atoms with E-state index in [1.165, 1.54) is 16.6 Å². The molecule has 1 amide bonds. The SMILES string of the molecule is CCCOc1ccc(OCC(=O)NCCOc2ccc3nnc(-c4cccc(F)c4)n3n2)cc1. The van der Waals surface area contributed by atoms with E-state index < -0.39 is 0 Å². The molecule has 4 rings (SSSR count). The first-order valence-electron chi connectivity index (χ1n) is 10.9. The van der Waals surface area contributed by atoms with Gasteiger partial charge in [0.1, 0.15) is 23.9 Å². The predicted octanol–water partition coefficient (Wildman–Crippen LogP) is 3.29. The van der Waals surface area contributed by atoms with Crippen LogP contribution in [0.3, 0.4) is 0 Å². The van der Waals surface area contributed by atoms with Gasteiger partial charge in [0.2, 0.25) is 5.88 Å². The molecule has 0 spiro atoms. The van der Waals surface area contributed by atoms with Crippen LogP contribution in [0.25, 0.3) is 17.0 Å². The van der Waals surface area contributed by atoms with Crippen molar-refractivity contribution in [2.24, 2.45) is 0 Å². The van der Waals surface area contributed by atoms with E-state index in [0.717, 1.165) is 12.2 Å². The predicted molar refractivity (Wildman–Crippen MR) is 122 cm³/mol. The number of fused-ring (bicyclic) bond motifs is 1. The number of nitrogens with one attached hydrogen (secondary N) is 1. The van der Waals surface area contributed by atoms with E-state index >= 15 is 0 Å². The molecule has 0 bridgehead atoms. The molecular weight excluding hydrogens is 441 g/mol. The number of amides is 1. The van der Waals surface area contributed by atoms with E-state index in [0.29, 0.717) is 35.3 Å². The Morgan fingerprint density at radius 3 is 2.53 bits per heavy atom. The summed E-state index contributed by atoms with van der Waals surface area (Å²) >= 11 is 0. The van der Waals surface area contributed by atoms with Gasteiger partial charge in [0, 0.05) is 11.6 Å². The molecular formula is C24H24FN5O4. The summed E-state index contributed by atoms with van der Waals surface area (Å²) in [5, 5.41) is 15.2. The molecule has 0 atom stereocenters. The summed E-state index contributed by atoms with van der Waals surface area (Å²) in [6.45, 7) is 3.05. The largest absolute Gasteiger partial charge is 0.494 e. The molecule has 34 heavy (non-hydrogen) atoms. The summed E-state index contributed by atoms with van der Waals surface area (Å²) in [5.41, 5.74) is 1.05. The molecule has 0 saturated heterocycles. The maximum Gasteiger partial charge on any atom is 0.258 e. The molecule has 1 N–H and O–H groups in total. The zero-order valence-electron chi connectivity index (χ0n) is 18.6. The smallest absolute Gasteiger partial charge is 0.258 e. The third-order valence-electron chi connectivity index (χ3n) is 4.66. The molecule has 0 unspecified atom stereocenters. The Morgan fingerprint density at radius 2 is 1.76 bits per heavy atom. The highest BCUT2D eigenvalue weighted by molar-refractivity contribution is 5.77. The summed E-state index contributed by atoms with van der Waals surface area (Å²) in [6.07, 6.45) is 0.934. The van der Waals surface area contributed by atoms with Gasteiger partial charge in [-0.25, -0.2) is 4.39 Å². The normalized spacial score (nSPS) is 10.8. The fraction of sp³-hybridized carbons (Fsp3) is 0.250. The van der Waals surface area contributed by atoms with Gasteiger partial charge in [0.15, 0.2) is 18.1 Å². The van der Waals surface area contributed by atoms with Crippen molar-refractivity contribution in [1.82, 2.24) is 25.1 Å². The van der Waals surface area contributed by atoms with Crippen LogP contribution in [0, 0.1) is 5.82 Å². The van der Waals surface area contributed by atoms with Crippen LogP contribution in [0.4, 0.5) is 4.39 Å². The number of hydrogen-bond donors (Lipinski definition) is 1. The Hall–Kier alpha value is -4.21. The molecule has 176 valence electrons. The van der Waals surface area contributed by atoms with E-state index in [4.69, 9.17) is 14.2 Å². The second-order valence-corrected chi connectivity index (χ2v) is 7.28. The number of benzene rings is 2. The maximum absolute atomic E-state index is 13.6. The average molecular weight is 465 g/mol. The molecule has 0 radical (unpaired) electrons. The molecule has 9 nitrogen and oxygen atoms in total. The zero-order valence-corrected chi connectivity index (χ0v) is 18.6. The molecule has 0 aliphatic heterocycles. The van der Waals surface area contributed by atoms with Gasteiger partial charge in [0.05, 0.1) is 13.2 Å². The van der Waals surface area contributed by atoms with E-state index in [2.05, 4.69) is 20.6 Å². The number of rotatable bonds is 11. The van der Waals surface area contributed by atoms with Gasteiger partial charge in [-0.05, 0) is 48.9 Å². The lowest BCUT2D eigenvalue weighted by atomic mass is 10.2. The Morgan fingerprint density at radius 1 is 0.971 bits per heavy atom. The quantitative estimate of drug-likeness (QED) is 0.339. The van der Waals surface area contributed by atoms with Crippen LogP contribution < -0.4 is 19.5 Å². The summed E-state index contributed by atoms with van der Waals surface area (Å²) < 4.78 is 31.7. The van der Waals surface area contributed by atoms with Crippen LogP contribution in [0.15, 0.2) is 60.7 Å². The Labute approximate surface area is 195 Å². The van der Waals surface area contributed by atoms with Crippen molar-refractivity contribution in [3.8, 4) is 28.8 Å². The third kappa shape index (κ3) is 5.97. The van der Waals surface area contributed by atoms with Crippen LogP contribution in [-0.4, -0.2) is 52.1 Å². The monoisotopic (exact) mass is 465 g/mol. The molecule has 0 aliphatic rings. The fourth-order valence-electron chi connectivity index (χ4n) is 3.05. The number of nitrogens with zero attached hydrogens (tertiary/aromatic N) is 4. The van der Waals surface area contributed by atoms with Crippen molar-refractivity contribution in [3.05, 3.63) is 66.5 Å². The number of ether oxygens (including phenoxy) is 3. The summed E-state index contributed by atoms with van der Waals surface area (Å²) in [4.78, 5) is 12.0. The van der Waals surface area contributed by atoms with Gasteiger partial charge in [-0.3, -0.25) is 4.79 Å². The third-order valence-corrected chi connectivity index (χ3v) is 4.66. The number of carbonyl (C=O) groups excluding carboxylic acids is 1. The second-order valence-electron chi connectivity index (χ2n) is 7.28. The van der Waals surface area contributed by atoms with Crippen molar-refractivity contribution in [2.75, 3.05) is 26.4 Å². The highest BCUT2D eigenvalue weighted by Crippen LogP contribution is 2.20. The van der Waals surface area contributed by atoms with Crippen molar-refractivity contribution in [3.63, 3.8) is 0 Å². The number of hydrogen-bond acceptors (Lipinski definition) is 7. The molecule has 2 heterocycles. The Bertz CT molecular complexity index is 1250. The summed E-state index contributed by atoms with van der Waals surface area (Å²) in [5.74, 6) is 1.41. The van der Waals surface area contributed by atoms with Crippen molar-refractivity contribution < 1.29 is 23.4 Å². The number of halogens is 1. The van der Waals surface area contributed by atoms with Gasteiger partial charge in [0.25, 0.3) is 5.91 Å². The van der Waals surface area contributed by atoms with Gasteiger partial charge < -0.3 is 19.5 Å². The minimum Gasteiger partial charge on any atom is -0.494 e. The first-order chi connectivity index (χ1) is 16.6. The van der Waals surface area contributed by atoms with E-state index in [9.17, 15) is 9.18 Å². The van der Waals surface area contributed by atoms with Crippen LogP contribution in [0.1, 0.15) is 13.3 Å². The van der Waals surface area contributed by atoms with Gasteiger partial charge >= 0.3 is 0 Å². The van der Waals surface area contributed by atoms with Crippen molar-refractivity contribution in [2.45, 2.75) is 13.3 Å². The van der Waals surface area contributed by atoms with Gasteiger partial charge in [-0.2, -0.15) is 4.52 Å². The van der Waals surface area contributed by atoms with E-state index in [1.807, 2.05) is 6.92 Å². The van der Waals surface area contributed by atoms with Crippen LogP contribution in [0.2, 0.25) is 0 Å². The van der Waals surface area contributed by atoms with Crippen molar-refractivity contribution in [1.29, 1.82) is 0 Å². The van der Waals surface area contributed by atoms with Crippen molar-refractivity contribution >= 4 is 11.6 Å². The minimum absolute atomic E-state index is 0.114. The molecule has 4 aromatic rings. The maximum atomic E-state index is 13.6. The first-order valence-corrected chi connectivity index (χ1v) is 10.9. The summed E-state index contributed by atoms with van der Waals surface area (Å²) in [7, 11) is 0. The average Bonchev–Trinajstić information content (AvgIpc) is 3.28. The lowest BCUT2D eigenvalue weighted by molar-refractivity contribution is -0.123. The van der Waals surface area contributed by atoms with Crippen LogP contribution >= 0.6 is 0 Å². The Kier molecular flexibility index (Phi) is 7.49. The molecule has 0 fully saturated rings. The topological polar surface area (TPSA) is 99.9 Å². The van der Waals surface area contributed by atoms with E-state index in [1.54, 1.807) is 48.5 Å². The number of carbonyl (C=O) groups is 1. The van der Waals surface area contributed by atoms with E-state index in [-0.39, 0.29) is 31.5 Å². The Balaban J connectivity index is 1.24. The lowest BCUT2D eigenvalue weighted by Gasteiger charge is -2.09. The lowest BCUT2D eigenvalue weighted by Crippen LogP contribution is -2.32. The standard InChI is InChI=1S/C24H24FN5O4/c1-2-13-32-19-6-8-20(9-7-19)34-16-22(31)26-12-14-33-23-11-10-21-27-28-24(30(21)29-23)17-4-3-5-18(25)15-17/h3-11,15H,2,12-14,16H2,1H3,(H,26,31). The van der Waals surface area contributed by atoms with Gasteiger partial charge in [-0.1, -0.05) is 19.1 Å². The highest BCUT2D eigenvalue weighted by atomic mass is 19.1. The molecule has 10 heteroatoms. The minimum atomic E-state index is -0.376. The molecule has 0 saturated carbocycles. The zero-order chi connectivity index (χ0) is 23.8. The van der Waals surface area contributed by atoms with Crippen LogP contribution in [-0.2, 0) is 4.79 Å². The molecule has 0 aliphatic carbocycles. The summed E-state index contributed by atoms with van der Waals surface area (Å²) in [6, 6.07) is 16.5. The highest BCUT2D eigenvalue weighted by Gasteiger charge is 2.11. The molecule has 2 aromatic heterocycles.